The van der Waals surface area contributed by atoms with Gasteiger partial charge in [-0.15, -0.1) is 11.8 Å². The molecule has 25 heavy (non-hydrogen) atoms. The van der Waals surface area contributed by atoms with Crippen LogP contribution in [0, 0.1) is 0 Å². The van der Waals surface area contributed by atoms with Crippen LogP contribution in [-0.2, 0) is 0 Å². The quantitative estimate of drug-likeness (QED) is 0.483. The SMILES string of the molecule is C/C=C(\N)c1c(SC)nc(NC(C)CC)nc1-c1ccc(Cl)c(Cl)c1. The second-order valence-corrected chi connectivity index (χ2v) is 7.22. The third kappa shape index (κ3) is 4.60. The largest absolute Gasteiger partial charge is 0.398 e. The maximum absolute atomic E-state index is 6.24. The van der Waals surface area contributed by atoms with Crippen molar-refractivity contribution in [3.05, 3.63) is 39.9 Å². The van der Waals surface area contributed by atoms with E-state index < -0.39 is 0 Å². The Balaban J connectivity index is 2.71. The summed E-state index contributed by atoms with van der Waals surface area (Å²) in [4.78, 5) is 9.36. The van der Waals surface area contributed by atoms with Crippen LogP contribution >= 0.6 is 35.0 Å². The van der Waals surface area contributed by atoms with E-state index in [1.165, 1.54) is 11.8 Å². The van der Waals surface area contributed by atoms with Gasteiger partial charge in [-0.2, -0.15) is 0 Å². The molecule has 7 heteroatoms. The Hall–Kier alpha value is -1.43. The lowest BCUT2D eigenvalue weighted by atomic mass is 10.0. The summed E-state index contributed by atoms with van der Waals surface area (Å²) >= 11 is 13.8. The van der Waals surface area contributed by atoms with Crippen molar-refractivity contribution in [2.45, 2.75) is 38.3 Å². The average molecular weight is 397 g/mol. The molecule has 2 aromatic rings. The van der Waals surface area contributed by atoms with E-state index >= 15 is 0 Å². The fraction of sp³-hybridized carbons (Fsp3) is 0.333. The molecule has 4 nitrogen and oxygen atoms in total. The van der Waals surface area contributed by atoms with Crippen LogP contribution in [0.15, 0.2) is 29.3 Å². The van der Waals surface area contributed by atoms with E-state index in [-0.39, 0.29) is 6.04 Å². The normalized spacial score (nSPS) is 13.0. The summed E-state index contributed by atoms with van der Waals surface area (Å²) in [6, 6.07) is 5.72. The lowest BCUT2D eigenvalue weighted by molar-refractivity contribution is 0.749. The Labute approximate surface area is 163 Å². The van der Waals surface area contributed by atoms with Gasteiger partial charge in [-0.05, 0) is 38.7 Å². The molecule has 1 unspecified atom stereocenters. The molecule has 0 saturated carbocycles. The van der Waals surface area contributed by atoms with Crippen LogP contribution in [0.4, 0.5) is 5.95 Å². The summed E-state index contributed by atoms with van der Waals surface area (Å²) in [6.45, 7) is 6.09. The molecule has 1 atom stereocenters. The zero-order chi connectivity index (χ0) is 18.6. The molecule has 2 rings (SSSR count). The van der Waals surface area contributed by atoms with Gasteiger partial charge in [0.25, 0.3) is 0 Å². The fourth-order valence-electron chi connectivity index (χ4n) is 2.23. The van der Waals surface area contributed by atoms with E-state index in [1.807, 2.05) is 25.3 Å². The van der Waals surface area contributed by atoms with Crippen molar-refractivity contribution < 1.29 is 0 Å². The van der Waals surface area contributed by atoms with Crippen molar-refractivity contribution in [3.63, 3.8) is 0 Å². The van der Waals surface area contributed by atoms with Gasteiger partial charge in [0.2, 0.25) is 5.95 Å². The van der Waals surface area contributed by atoms with Crippen LogP contribution in [0.1, 0.15) is 32.8 Å². The Morgan fingerprint density at radius 3 is 2.60 bits per heavy atom. The van der Waals surface area contributed by atoms with Crippen molar-refractivity contribution in [3.8, 4) is 11.3 Å². The van der Waals surface area contributed by atoms with E-state index in [9.17, 15) is 0 Å². The Morgan fingerprint density at radius 2 is 2.04 bits per heavy atom. The number of nitrogens with zero attached hydrogens (tertiary/aromatic N) is 2. The van der Waals surface area contributed by atoms with Gasteiger partial charge < -0.3 is 11.1 Å². The minimum absolute atomic E-state index is 0.265. The van der Waals surface area contributed by atoms with Gasteiger partial charge in [0, 0.05) is 17.3 Å². The first-order chi connectivity index (χ1) is 11.9. The summed E-state index contributed by atoms with van der Waals surface area (Å²) in [5, 5.41) is 5.13. The monoisotopic (exact) mass is 396 g/mol. The fourth-order valence-corrected chi connectivity index (χ4v) is 3.13. The number of halogens is 2. The third-order valence-corrected chi connectivity index (χ3v) is 5.27. The van der Waals surface area contributed by atoms with E-state index in [1.54, 1.807) is 12.1 Å². The van der Waals surface area contributed by atoms with Gasteiger partial charge in [0.05, 0.1) is 21.3 Å². The van der Waals surface area contributed by atoms with Crippen LogP contribution < -0.4 is 11.1 Å². The van der Waals surface area contributed by atoms with Gasteiger partial charge in [0.1, 0.15) is 5.03 Å². The van der Waals surface area contributed by atoms with Crippen molar-refractivity contribution in [2.24, 2.45) is 5.73 Å². The molecule has 1 heterocycles. The Morgan fingerprint density at radius 1 is 1.32 bits per heavy atom. The number of hydrogen-bond donors (Lipinski definition) is 2. The highest BCUT2D eigenvalue weighted by Gasteiger charge is 2.18. The zero-order valence-corrected chi connectivity index (χ0v) is 17.1. The first-order valence-electron chi connectivity index (χ1n) is 8.01. The molecule has 0 radical (unpaired) electrons. The molecule has 0 amide bonds. The topological polar surface area (TPSA) is 63.8 Å². The number of thioether (sulfide) groups is 1. The summed E-state index contributed by atoms with van der Waals surface area (Å²) in [7, 11) is 0. The number of allylic oxidation sites excluding steroid dienone is 1. The van der Waals surface area contributed by atoms with E-state index in [4.69, 9.17) is 33.9 Å². The zero-order valence-electron chi connectivity index (χ0n) is 14.7. The van der Waals surface area contributed by atoms with Crippen LogP contribution in [0.25, 0.3) is 17.0 Å². The van der Waals surface area contributed by atoms with Gasteiger partial charge in [-0.25, -0.2) is 9.97 Å². The number of anilines is 1. The first-order valence-corrected chi connectivity index (χ1v) is 9.99. The highest BCUT2D eigenvalue weighted by Crippen LogP contribution is 2.35. The summed E-state index contributed by atoms with van der Waals surface area (Å²) in [5.41, 5.74) is 9.26. The molecule has 0 bridgehead atoms. The molecule has 0 aliphatic rings. The first kappa shape index (κ1) is 19.9. The van der Waals surface area contributed by atoms with Crippen molar-refractivity contribution in [1.82, 2.24) is 9.97 Å². The minimum Gasteiger partial charge on any atom is -0.398 e. The lowest BCUT2D eigenvalue weighted by Gasteiger charge is -2.17. The number of nitrogens with two attached hydrogens (primary N) is 1. The third-order valence-electron chi connectivity index (χ3n) is 3.85. The van der Waals surface area contributed by atoms with Crippen molar-refractivity contribution in [2.75, 3.05) is 11.6 Å². The highest BCUT2D eigenvalue weighted by atomic mass is 35.5. The van der Waals surface area contributed by atoms with Gasteiger partial charge >= 0.3 is 0 Å². The second-order valence-electron chi connectivity index (χ2n) is 5.61. The number of aromatic nitrogens is 2. The standard InChI is InChI=1S/C18H22Cl2N4S/c1-5-10(3)22-18-23-16(11-7-8-12(19)13(20)9-11)15(14(21)6-2)17(24-18)25-4/h6-10H,5,21H2,1-4H3,(H,22,23,24)/b14-6-. The molecule has 134 valence electrons. The Bertz CT molecular complexity index is 793. The maximum atomic E-state index is 6.24. The summed E-state index contributed by atoms with van der Waals surface area (Å²) < 4.78 is 0. The molecule has 1 aromatic carbocycles. The molecule has 0 aliphatic carbocycles. The molecule has 0 aliphatic heterocycles. The smallest absolute Gasteiger partial charge is 0.224 e. The number of hydrogen-bond acceptors (Lipinski definition) is 5. The van der Waals surface area contributed by atoms with Gasteiger partial charge in [0.15, 0.2) is 0 Å². The summed E-state index contributed by atoms with van der Waals surface area (Å²) in [6.07, 6.45) is 4.79. The number of nitrogens with one attached hydrogen (secondary N) is 1. The molecule has 0 saturated heterocycles. The molecular formula is C18H22Cl2N4S. The molecule has 1 aromatic heterocycles. The molecular weight excluding hydrogens is 375 g/mol. The van der Waals surface area contributed by atoms with Crippen LogP contribution in [-0.4, -0.2) is 22.3 Å². The highest BCUT2D eigenvalue weighted by molar-refractivity contribution is 7.98. The molecule has 3 N–H and O–H groups in total. The van der Waals surface area contributed by atoms with Gasteiger partial charge in [-0.1, -0.05) is 42.3 Å². The number of benzene rings is 1. The lowest BCUT2D eigenvalue weighted by Crippen LogP contribution is -2.17. The van der Waals surface area contributed by atoms with Gasteiger partial charge in [-0.3, -0.25) is 0 Å². The van der Waals surface area contributed by atoms with Crippen LogP contribution in [0.3, 0.4) is 0 Å². The Kier molecular flexibility index (Phi) is 6.99. The van der Waals surface area contributed by atoms with Crippen molar-refractivity contribution >= 4 is 46.6 Å². The van der Waals surface area contributed by atoms with Crippen LogP contribution in [0.2, 0.25) is 10.0 Å². The second kappa shape index (κ2) is 8.79. The van der Waals surface area contributed by atoms with Crippen LogP contribution in [0.5, 0.6) is 0 Å². The minimum atomic E-state index is 0.265. The van der Waals surface area contributed by atoms with E-state index in [2.05, 4.69) is 24.1 Å². The summed E-state index contributed by atoms with van der Waals surface area (Å²) in [5.74, 6) is 0.576. The average Bonchev–Trinajstić information content (AvgIpc) is 2.62. The maximum Gasteiger partial charge on any atom is 0.224 e. The predicted molar refractivity (Wildman–Crippen MR) is 110 cm³/mol. The van der Waals surface area contributed by atoms with E-state index in [0.29, 0.717) is 21.7 Å². The molecule has 0 spiro atoms. The van der Waals surface area contributed by atoms with E-state index in [0.717, 1.165) is 28.3 Å². The van der Waals surface area contributed by atoms with Crippen molar-refractivity contribution in [1.29, 1.82) is 0 Å². The number of rotatable bonds is 6. The predicted octanol–water partition coefficient (Wildman–Crippen LogP) is 5.70. The molecule has 0 fully saturated rings.